The Morgan fingerprint density at radius 2 is 1.31 bits per heavy atom. The van der Waals surface area contributed by atoms with Crippen molar-refractivity contribution < 1.29 is 53.0 Å². The fourth-order valence-corrected chi connectivity index (χ4v) is 5.23. The predicted molar refractivity (Wildman–Crippen MR) is 125 cm³/mol. The first-order valence-electron chi connectivity index (χ1n) is 11.5. The molecule has 2 heterocycles. The molecule has 2 aliphatic rings. The third-order valence-corrected chi connectivity index (χ3v) is 6.87. The molecule has 1 aromatic rings. The quantitative estimate of drug-likeness (QED) is 0.387. The second kappa shape index (κ2) is 12.3. The van der Waals surface area contributed by atoms with Crippen LogP contribution in [0.25, 0.3) is 0 Å². The highest BCUT2D eigenvalue weighted by atomic mass is 32.2. The summed E-state index contributed by atoms with van der Waals surface area (Å²) < 4.78 is 33.8. The average Bonchev–Trinajstić information content (AvgIpc) is 2.79. The second-order valence-electron chi connectivity index (χ2n) is 8.65. The number of thioether (sulfide) groups is 1. The number of aliphatic hydroxyl groups is 2. The Balaban J connectivity index is 1.87. The Bertz CT molecular complexity index is 913. The van der Waals surface area contributed by atoms with Crippen molar-refractivity contribution in [2.45, 2.75) is 100 Å². The largest absolute Gasteiger partial charge is 0.456 e. The summed E-state index contributed by atoms with van der Waals surface area (Å²) in [6, 6.07) is 9.26. The van der Waals surface area contributed by atoms with Crippen molar-refractivity contribution in [1.82, 2.24) is 0 Å². The molecule has 0 aliphatic carbocycles. The van der Waals surface area contributed by atoms with Crippen LogP contribution in [-0.4, -0.2) is 88.7 Å². The summed E-state index contributed by atoms with van der Waals surface area (Å²) in [7, 11) is 0. The van der Waals surface area contributed by atoms with E-state index in [0.717, 1.165) is 18.7 Å². The van der Waals surface area contributed by atoms with E-state index in [1.54, 1.807) is 13.8 Å². The van der Waals surface area contributed by atoms with E-state index in [2.05, 4.69) is 0 Å². The Labute approximate surface area is 213 Å². The summed E-state index contributed by atoms with van der Waals surface area (Å²) in [5.41, 5.74) is -0.790. The van der Waals surface area contributed by atoms with Gasteiger partial charge in [0.25, 0.3) is 0 Å². The maximum atomic E-state index is 11.9. The highest BCUT2D eigenvalue weighted by Gasteiger charge is 2.54. The van der Waals surface area contributed by atoms with Gasteiger partial charge in [-0.3, -0.25) is 14.4 Å². The molecule has 2 saturated heterocycles. The SMILES string of the molecule is CC(=O)OC1C(OC(C)=O)[C@@H](OC(C)=O)C(C)O[C@H]1OC1C(O)[C@H](Sc2ccccc2)OC(C)[C@@H]1O. The zero-order valence-corrected chi connectivity index (χ0v) is 21.5. The molecule has 0 spiro atoms. The minimum Gasteiger partial charge on any atom is -0.456 e. The van der Waals surface area contributed by atoms with Crippen LogP contribution in [0, 0.1) is 0 Å². The number of esters is 3. The third kappa shape index (κ3) is 6.96. The maximum Gasteiger partial charge on any atom is 0.303 e. The lowest BCUT2D eigenvalue weighted by Crippen LogP contribution is -2.64. The second-order valence-corrected chi connectivity index (χ2v) is 9.83. The average molecular weight is 529 g/mol. The number of ether oxygens (including phenoxy) is 6. The molecule has 10 atom stereocenters. The summed E-state index contributed by atoms with van der Waals surface area (Å²) in [6.07, 6.45) is -10.4. The van der Waals surface area contributed by atoms with Gasteiger partial charge in [0.1, 0.15) is 23.7 Å². The van der Waals surface area contributed by atoms with E-state index in [0.29, 0.717) is 0 Å². The van der Waals surface area contributed by atoms with Gasteiger partial charge in [-0.2, -0.15) is 0 Å². The van der Waals surface area contributed by atoms with Gasteiger partial charge in [0, 0.05) is 25.7 Å². The zero-order chi connectivity index (χ0) is 26.6. The molecule has 12 heteroatoms. The number of rotatable bonds is 7. The van der Waals surface area contributed by atoms with E-state index in [1.807, 2.05) is 30.3 Å². The molecular weight excluding hydrogens is 496 g/mol. The van der Waals surface area contributed by atoms with Crippen LogP contribution in [0.15, 0.2) is 35.2 Å². The van der Waals surface area contributed by atoms with Crippen LogP contribution in [0.2, 0.25) is 0 Å². The summed E-state index contributed by atoms with van der Waals surface area (Å²) >= 11 is 1.26. The van der Waals surface area contributed by atoms with Crippen molar-refractivity contribution >= 4 is 29.7 Å². The third-order valence-electron chi connectivity index (χ3n) is 5.70. The molecule has 0 bridgehead atoms. The molecule has 0 amide bonds. The number of benzene rings is 1. The zero-order valence-electron chi connectivity index (χ0n) is 20.6. The Morgan fingerprint density at radius 3 is 1.89 bits per heavy atom. The topological polar surface area (TPSA) is 147 Å². The van der Waals surface area contributed by atoms with E-state index >= 15 is 0 Å². The Hall–Kier alpha value is -2.22. The summed E-state index contributed by atoms with van der Waals surface area (Å²) in [6.45, 7) is 6.69. The van der Waals surface area contributed by atoms with Gasteiger partial charge in [0.15, 0.2) is 24.6 Å². The normalized spacial score (nSPS) is 36.5. The van der Waals surface area contributed by atoms with Crippen molar-refractivity contribution in [2.24, 2.45) is 0 Å². The Kier molecular flexibility index (Phi) is 9.72. The van der Waals surface area contributed by atoms with E-state index < -0.39 is 78.5 Å². The van der Waals surface area contributed by atoms with E-state index in [-0.39, 0.29) is 0 Å². The molecule has 200 valence electrons. The number of carbonyl (C=O) groups excluding carboxylic acids is 3. The van der Waals surface area contributed by atoms with Crippen LogP contribution in [0.4, 0.5) is 0 Å². The van der Waals surface area contributed by atoms with E-state index in [9.17, 15) is 24.6 Å². The van der Waals surface area contributed by atoms with Crippen molar-refractivity contribution in [3.05, 3.63) is 30.3 Å². The molecule has 36 heavy (non-hydrogen) atoms. The van der Waals surface area contributed by atoms with Crippen LogP contribution < -0.4 is 0 Å². The lowest BCUT2D eigenvalue weighted by Gasteiger charge is -2.47. The van der Waals surface area contributed by atoms with Gasteiger partial charge in [0.2, 0.25) is 0 Å². The predicted octanol–water partition coefficient (Wildman–Crippen LogP) is 1.17. The monoisotopic (exact) mass is 528 g/mol. The van der Waals surface area contributed by atoms with Crippen LogP contribution in [0.3, 0.4) is 0 Å². The summed E-state index contributed by atoms with van der Waals surface area (Å²) in [5.74, 6) is -2.09. The minimum absolute atomic E-state index is 0.654. The van der Waals surface area contributed by atoms with Crippen molar-refractivity contribution in [1.29, 1.82) is 0 Å². The smallest absolute Gasteiger partial charge is 0.303 e. The fourth-order valence-electron chi connectivity index (χ4n) is 4.12. The first-order valence-corrected chi connectivity index (χ1v) is 12.4. The maximum absolute atomic E-state index is 11.9. The summed E-state index contributed by atoms with van der Waals surface area (Å²) in [5, 5.41) is 21.9. The van der Waals surface area contributed by atoms with Gasteiger partial charge in [-0.15, -0.1) is 0 Å². The van der Waals surface area contributed by atoms with Crippen molar-refractivity contribution in [2.75, 3.05) is 0 Å². The molecule has 2 fully saturated rings. The van der Waals surface area contributed by atoms with Gasteiger partial charge in [-0.25, -0.2) is 0 Å². The molecule has 0 aromatic heterocycles. The standard InChI is InChI=1S/C24H32O11S/c1-11-17(28)20(18(29)24(31-11)36-16-9-7-6-8-10-16)35-23-22(34-15(5)27)21(33-14(4)26)19(12(2)30-23)32-13(3)25/h6-12,17-24,28-29H,1-5H3/t11?,12?,17-,18?,19-,20?,21?,22?,23-,24-/m0/s1. The number of carbonyl (C=O) groups is 3. The van der Waals surface area contributed by atoms with Gasteiger partial charge in [-0.1, -0.05) is 30.0 Å². The lowest BCUT2D eigenvalue weighted by molar-refractivity contribution is -0.333. The molecule has 0 saturated carbocycles. The highest BCUT2D eigenvalue weighted by molar-refractivity contribution is 7.99. The molecular formula is C24H32O11S. The van der Waals surface area contributed by atoms with E-state index in [1.165, 1.54) is 18.7 Å². The molecule has 0 radical (unpaired) electrons. The fraction of sp³-hybridized carbons (Fsp3) is 0.625. The van der Waals surface area contributed by atoms with Crippen LogP contribution in [-0.2, 0) is 42.8 Å². The number of aliphatic hydroxyl groups excluding tert-OH is 2. The molecule has 2 N–H and O–H groups in total. The molecule has 11 nitrogen and oxygen atoms in total. The van der Waals surface area contributed by atoms with Crippen molar-refractivity contribution in [3.8, 4) is 0 Å². The highest BCUT2D eigenvalue weighted by Crippen LogP contribution is 2.37. The first-order chi connectivity index (χ1) is 17.0. The van der Waals surface area contributed by atoms with Gasteiger partial charge < -0.3 is 38.6 Å². The van der Waals surface area contributed by atoms with E-state index in [4.69, 9.17) is 28.4 Å². The van der Waals surface area contributed by atoms with Crippen LogP contribution in [0.1, 0.15) is 34.6 Å². The molecule has 2 aliphatic heterocycles. The molecule has 1 aromatic carbocycles. The molecule has 6 unspecified atom stereocenters. The number of hydrogen-bond acceptors (Lipinski definition) is 12. The molecule has 3 rings (SSSR count). The van der Waals surface area contributed by atoms with Gasteiger partial charge in [0.05, 0.1) is 12.2 Å². The number of hydrogen-bond donors (Lipinski definition) is 2. The first kappa shape index (κ1) is 28.4. The van der Waals surface area contributed by atoms with Crippen LogP contribution in [0.5, 0.6) is 0 Å². The van der Waals surface area contributed by atoms with Gasteiger partial charge >= 0.3 is 17.9 Å². The Morgan fingerprint density at radius 1 is 0.750 bits per heavy atom. The van der Waals surface area contributed by atoms with Crippen LogP contribution >= 0.6 is 11.8 Å². The van der Waals surface area contributed by atoms with Gasteiger partial charge in [-0.05, 0) is 26.0 Å². The lowest BCUT2D eigenvalue weighted by atomic mass is 9.97. The minimum atomic E-state index is -1.37. The van der Waals surface area contributed by atoms with Crippen molar-refractivity contribution in [3.63, 3.8) is 0 Å². The summed E-state index contributed by atoms with van der Waals surface area (Å²) in [4.78, 5) is 36.3.